The minimum Gasteiger partial charge on any atom is -0.364 e. The van der Waals surface area contributed by atoms with Gasteiger partial charge in [-0.25, -0.2) is 9.97 Å². The first-order chi connectivity index (χ1) is 8.81. The van der Waals surface area contributed by atoms with Crippen LogP contribution in [0.4, 0.5) is 5.82 Å². The monoisotopic (exact) mass is 259 g/mol. The molecule has 3 heterocycles. The first-order valence-corrected chi connectivity index (χ1v) is 6.17. The third-order valence-corrected chi connectivity index (χ3v) is 3.08. The number of anilines is 1. The molecule has 18 heavy (non-hydrogen) atoms. The molecule has 0 aliphatic heterocycles. The Hall–Kier alpha value is -2.28. The van der Waals surface area contributed by atoms with Crippen molar-refractivity contribution in [1.29, 1.82) is 0 Å². The summed E-state index contributed by atoms with van der Waals surface area (Å²) in [6.07, 6.45) is 3.24. The van der Waals surface area contributed by atoms with Gasteiger partial charge in [0.1, 0.15) is 11.3 Å². The zero-order valence-corrected chi connectivity index (χ0v) is 10.1. The van der Waals surface area contributed by atoms with Crippen LogP contribution in [0, 0.1) is 0 Å². The lowest BCUT2D eigenvalue weighted by atomic mass is 10.4. The third-order valence-electron chi connectivity index (χ3n) is 2.36. The highest BCUT2D eigenvalue weighted by Gasteiger charge is 2.01. The molecule has 3 rings (SSSR count). The number of aromatic amines is 1. The molecule has 0 unspecified atom stereocenters. The number of aromatic nitrogens is 4. The SMILES string of the molecule is O=c1[nH]c(CNc2ccc3nccnc3n2)cs1. The van der Waals surface area contributed by atoms with E-state index in [2.05, 4.69) is 25.3 Å². The highest BCUT2D eigenvalue weighted by molar-refractivity contribution is 7.07. The molecule has 7 heteroatoms. The molecule has 90 valence electrons. The number of rotatable bonds is 3. The van der Waals surface area contributed by atoms with Gasteiger partial charge in [-0.1, -0.05) is 11.3 Å². The molecule has 0 spiro atoms. The van der Waals surface area contributed by atoms with Crippen LogP contribution in [0.1, 0.15) is 5.69 Å². The molecule has 0 radical (unpaired) electrons. The van der Waals surface area contributed by atoms with Crippen LogP contribution in [0.5, 0.6) is 0 Å². The quantitative estimate of drug-likeness (QED) is 0.742. The Kier molecular flexibility index (Phi) is 2.73. The summed E-state index contributed by atoms with van der Waals surface area (Å²) in [6, 6.07) is 3.69. The van der Waals surface area contributed by atoms with Gasteiger partial charge in [0.2, 0.25) is 0 Å². The van der Waals surface area contributed by atoms with Crippen molar-refractivity contribution in [2.24, 2.45) is 0 Å². The first-order valence-electron chi connectivity index (χ1n) is 5.29. The van der Waals surface area contributed by atoms with E-state index in [4.69, 9.17) is 0 Å². The van der Waals surface area contributed by atoms with Crippen molar-refractivity contribution in [3.8, 4) is 0 Å². The molecule has 0 amide bonds. The van der Waals surface area contributed by atoms with E-state index in [0.717, 1.165) is 22.5 Å². The van der Waals surface area contributed by atoms with Crippen LogP contribution < -0.4 is 10.2 Å². The fourth-order valence-corrected chi connectivity index (χ4v) is 2.12. The van der Waals surface area contributed by atoms with E-state index in [0.29, 0.717) is 18.0 Å². The normalized spacial score (nSPS) is 10.7. The van der Waals surface area contributed by atoms with Crippen molar-refractivity contribution < 1.29 is 0 Å². The van der Waals surface area contributed by atoms with Gasteiger partial charge in [0.05, 0.1) is 6.54 Å². The molecule has 0 aliphatic rings. The zero-order valence-electron chi connectivity index (χ0n) is 9.25. The molecular formula is C11H9N5OS. The number of hydrogen-bond donors (Lipinski definition) is 2. The van der Waals surface area contributed by atoms with Gasteiger partial charge in [-0.05, 0) is 12.1 Å². The minimum absolute atomic E-state index is 0.0517. The second-order valence-corrected chi connectivity index (χ2v) is 4.46. The van der Waals surface area contributed by atoms with Crippen LogP contribution in [-0.2, 0) is 6.54 Å². The van der Waals surface area contributed by atoms with Gasteiger partial charge in [-0.2, -0.15) is 0 Å². The summed E-state index contributed by atoms with van der Waals surface area (Å²) in [6.45, 7) is 0.525. The average molecular weight is 259 g/mol. The van der Waals surface area contributed by atoms with Gasteiger partial charge in [0.15, 0.2) is 5.65 Å². The van der Waals surface area contributed by atoms with Gasteiger partial charge < -0.3 is 10.3 Å². The van der Waals surface area contributed by atoms with Crippen molar-refractivity contribution >= 4 is 28.3 Å². The number of hydrogen-bond acceptors (Lipinski definition) is 6. The Morgan fingerprint density at radius 2 is 2.17 bits per heavy atom. The van der Waals surface area contributed by atoms with Crippen molar-refractivity contribution in [2.45, 2.75) is 6.54 Å². The Morgan fingerprint density at radius 3 is 3.00 bits per heavy atom. The highest BCUT2D eigenvalue weighted by atomic mass is 32.1. The molecule has 2 N–H and O–H groups in total. The summed E-state index contributed by atoms with van der Waals surface area (Å²) in [5, 5.41) is 4.91. The summed E-state index contributed by atoms with van der Waals surface area (Å²) in [5.41, 5.74) is 2.19. The average Bonchev–Trinajstić information content (AvgIpc) is 2.82. The van der Waals surface area contributed by atoms with Gasteiger partial charge in [0, 0.05) is 23.5 Å². The number of fused-ring (bicyclic) bond motifs is 1. The van der Waals surface area contributed by atoms with Crippen LogP contribution in [0.2, 0.25) is 0 Å². The summed E-state index contributed by atoms with van der Waals surface area (Å²) in [4.78, 5) is 26.3. The molecule has 3 aromatic heterocycles. The molecule has 0 saturated heterocycles. The van der Waals surface area contributed by atoms with E-state index >= 15 is 0 Å². The van der Waals surface area contributed by atoms with Crippen LogP contribution in [0.15, 0.2) is 34.7 Å². The van der Waals surface area contributed by atoms with Crippen molar-refractivity contribution in [1.82, 2.24) is 19.9 Å². The van der Waals surface area contributed by atoms with Crippen molar-refractivity contribution in [3.05, 3.63) is 45.3 Å². The second-order valence-electron chi connectivity index (χ2n) is 3.62. The Morgan fingerprint density at radius 1 is 1.28 bits per heavy atom. The maximum atomic E-state index is 11.0. The smallest absolute Gasteiger partial charge is 0.304 e. The topological polar surface area (TPSA) is 83.6 Å². The van der Waals surface area contributed by atoms with E-state index in [9.17, 15) is 4.79 Å². The number of nitrogens with zero attached hydrogens (tertiary/aromatic N) is 3. The van der Waals surface area contributed by atoms with E-state index in [1.807, 2.05) is 12.1 Å². The second kappa shape index (κ2) is 4.53. The lowest BCUT2D eigenvalue weighted by Gasteiger charge is -2.04. The zero-order chi connectivity index (χ0) is 12.4. The minimum atomic E-state index is -0.0517. The van der Waals surface area contributed by atoms with E-state index in [1.54, 1.807) is 17.8 Å². The Balaban J connectivity index is 1.80. The van der Waals surface area contributed by atoms with Gasteiger partial charge >= 0.3 is 4.87 Å². The van der Waals surface area contributed by atoms with Crippen LogP contribution >= 0.6 is 11.3 Å². The summed E-state index contributed by atoms with van der Waals surface area (Å²) < 4.78 is 0. The lowest BCUT2D eigenvalue weighted by Crippen LogP contribution is -2.04. The predicted molar refractivity (Wildman–Crippen MR) is 69.6 cm³/mol. The fraction of sp³-hybridized carbons (Fsp3) is 0.0909. The summed E-state index contributed by atoms with van der Waals surface area (Å²) in [5.74, 6) is 0.704. The van der Waals surface area contributed by atoms with Crippen LogP contribution in [0.3, 0.4) is 0 Å². The molecule has 0 fully saturated rings. The predicted octanol–water partition coefficient (Wildman–Crippen LogP) is 1.39. The lowest BCUT2D eigenvalue weighted by molar-refractivity contribution is 1.04. The first kappa shape index (κ1) is 10.8. The van der Waals surface area contributed by atoms with Crippen molar-refractivity contribution in [3.63, 3.8) is 0 Å². The standard InChI is InChI=1S/C11H9N5OS/c17-11-15-7(6-18-11)5-14-9-2-1-8-10(16-9)13-4-3-12-8/h1-4,6H,5H2,(H,15,17)(H,13,14,16). The maximum absolute atomic E-state index is 11.0. The highest BCUT2D eigenvalue weighted by Crippen LogP contribution is 2.10. The molecule has 0 aromatic carbocycles. The number of H-pyrrole nitrogens is 1. The van der Waals surface area contributed by atoms with Gasteiger partial charge in [-0.3, -0.25) is 9.78 Å². The number of nitrogens with one attached hydrogen (secondary N) is 2. The van der Waals surface area contributed by atoms with E-state index < -0.39 is 0 Å². The van der Waals surface area contributed by atoms with Crippen LogP contribution in [-0.4, -0.2) is 19.9 Å². The molecule has 3 aromatic rings. The summed E-state index contributed by atoms with van der Waals surface area (Å²) >= 11 is 1.15. The molecule has 0 bridgehead atoms. The van der Waals surface area contributed by atoms with E-state index in [-0.39, 0.29) is 4.87 Å². The Bertz CT molecular complexity index is 735. The van der Waals surface area contributed by atoms with Gasteiger partial charge in [0.25, 0.3) is 0 Å². The third kappa shape index (κ3) is 2.21. The van der Waals surface area contributed by atoms with E-state index in [1.165, 1.54) is 0 Å². The molecule has 0 aliphatic carbocycles. The molecule has 0 saturated carbocycles. The fourth-order valence-electron chi connectivity index (χ4n) is 1.54. The van der Waals surface area contributed by atoms with Crippen LogP contribution in [0.25, 0.3) is 11.2 Å². The Labute approximate surface area is 106 Å². The summed E-state index contributed by atoms with van der Waals surface area (Å²) in [7, 11) is 0. The molecule has 6 nitrogen and oxygen atoms in total. The van der Waals surface area contributed by atoms with Crippen molar-refractivity contribution in [2.75, 3.05) is 5.32 Å². The maximum Gasteiger partial charge on any atom is 0.304 e. The largest absolute Gasteiger partial charge is 0.364 e. The molecular weight excluding hydrogens is 250 g/mol. The number of pyridine rings is 1. The molecule has 0 atom stereocenters. The number of thiazole rings is 1. The van der Waals surface area contributed by atoms with Gasteiger partial charge in [-0.15, -0.1) is 0 Å².